The fourth-order valence-corrected chi connectivity index (χ4v) is 2.42. The smallest absolute Gasteiger partial charge is 0.136 e. The lowest BCUT2D eigenvalue weighted by Crippen LogP contribution is -2.18. The molecule has 0 aliphatic rings. The first-order valence-corrected chi connectivity index (χ1v) is 8.09. The lowest BCUT2D eigenvalue weighted by Gasteiger charge is -2.19. The first-order chi connectivity index (χ1) is 9.91. The highest BCUT2D eigenvalue weighted by Crippen LogP contribution is 2.30. The lowest BCUT2D eigenvalue weighted by molar-refractivity contribution is 0.546. The zero-order chi connectivity index (χ0) is 15.5. The van der Waals surface area contributed by atoms with E-state index in [2.05, 4.69) is 60.0 Å². The fraction of sp³-hybridized carbons (Fsp3) is 0.412. The maximum Gasteiger partial charge on any atom is 0.136 e. The molecule has 0 radical (unpaired) electrons. The Labute approximate surface area is 135 Å². The van der Waals surface area contributed by atoms with Crippen LogP contribution in [0.4, 0.5) is 5.82 Å². The first kappa shape index (κ1) is 16.0. The molecule has 0 aliphatic heterocycles. The number of nitrogens with zero attached hydrogens (tertiary/aromatic N) is 2. The van der Waals surface area contributed by atoms with Gasteiger partial charge in [-0.15, -0.1) is 0 Å². The van der Waals surface area contributed by atoms with E-state index in [4.69, 9.17) is 4.98 Å². The quantitative estimate of drug-likeness (QED) is 0.842. The van der Waals surface area contributed by atoms with E-state index < -0.39 is 0 Å². The summed E-state index contributed by atoms with van der Waals surface area (Å²) < 4.78 is 1.05. The van der Waals surface area contributed by atoms with Gasteiger partial charge in [-0.05, 0) is 12.5 Å². The van der Waals surface area contributed by atoms with Crippen molar-refractivity contribution in [3.05, 3.63) is 40.6 Å². The Morgan fingerprint density at radius 2 is 1.86 bits per heavy atom. The first-order valence-electron chi connectivity index (χ1n) is 7.30. The molecule has 0 atom stereocenters. The molecular formula is C17H22BrN3. The van der Waals surface area contributed by atoms with Crippen LogP contribution in [-0.2, 0) is 5.41 Å². The maximum absolute atomic E-state index is 4.76. The number of hydrogen-bond donors (Lipinski definition) is 1. The second kappa shape index (κ2) is 6.56. The molecule has 112 valence electrons. The molecule has 0 unspecified atom stereocenters. The third-order valence-corrected chi connectivity index (χ3v) is 3.79. The molecule has 0 fully saturated rings. The SMILES string of the molecule is CCCNc1cc(-c2ccccc2Br)nc(C(C)(C)C)n1. The molecule has 0 amide bonds. The molecule has 3 nitrogen and oxygen atoms in total. The fourth-order valence-electron chi connectivity index (χ4n) is 1.93. The van der Waals surface area contributed by atoms with Gasteiger partial charge in [0.15, 0.2) is 0 Å². The summed E-state index contributed by atoms with van der Waals surface area (Å²) in [5.41, 5.74) is 1.95. The molecule has 1 N–H and O–H groups in total. The molecule has 0 bridgehead atoms. The maximum atomic E-state index is 4.76. The minimum Gasteiger partial charge on any atom is -0.370 e. The zero-order valence-electron chi connectivity index (χ0n) is 13.1. The molecular weight excluding hydrogens is 326 g/mol. The third-order valence-electron chi connectivity index (χ3n) is 3.10. The van der Waals surface area contributed by atoms with Crippen LogP contribution < -0.4 is 5.32 Å². The molecule has 1 aromatic carbocycles. The van der Waals surface area contributed by atoms with Crippen molar-refractivity contribution in [1.82, 2.24) is 9.97 Å². The molecule has 0 saturated carbocycles. The van der Waals surface area contributed by atoms with E-state index in [0.717, 1.165) is 40.3 Å². The van der Waals surface area contributed by atoms with Gasteiger partial charge in [0.1, 0.15) is 11.6 Å². The number of rotatable bonds is 4. The van der Waals surface area contributed by atoms with Crippen molar-refractivity contribution < 1.29 is 0 Å². The van der Waals surface area contributed by atoms with Crippen molar-refractivity contribution in [3.63, 3.8) is 0 Å². The zero-order valence-corrected chi connectivity index (χ0v) is 14.7. The minimum absolute atomic E-state index is 0.0834. The molecule has 2 rings (SSSR count). The van der Waals surface area contributed by atoms with Crippen molar-refractivity contribution in [2.75, 3.05) is 11.9 Å². The van der Waals surface area contributed by atoms with Gasteiger partial charge in [-0.2, -0.15) is 0 Å². The Bertz CT molecular complexity index is 618. The van der Waals surface area contributed by atoms with Gasteiger partial charge in [0.25, 0.3) is 0 Å². The summed E-state index contributed by atoms with van der Waals surface area (Å²) in [6.45, 7) is 9.46. The van der Waals surface area contributed by atoms with Gasteiger partial charge < -0.3 is 5.32 Å². The standard InChI is InChI=1S/C17H22BrN3/c1-5-10-19-15-11-14(12-8-6-7-9-13(12)18)20-16(21-15)17(2,3)4/h6-9,11H,5,10H2,1-4H3,(H,19,20,21). The van der Waals surface area contributed by atoms with E-state index in [1.807, 2.05) is 24.3 Å². The highest BCUT2D eigenvalue weighted by Gasteiger charge is 2.20. The average molecular weight is 348 g/mol. The largest absolute Gasteiger partial charge is 0.370 e. The topological polar surface area (TPSA) is 37.8 Å². The summed E-state index contributed by atoms with van der Waals surface area (Å²) in [7, 11) is 0. The van der Waals surface area contributed by atoms with Gasteiger partial charge >= 0.3 is 0 Å². The molecule has 21 heavy (non-hydrogen) atoms. The van der Waals surface area contributed by atoms with Gasteiger partial charge in [0.05, 0.1) is 5.69 Å². The predicted octanol–water partition coefficient (Wildman–Crippen LogP) is 5.03. The molecule has 0 spiro atoms. The average Bonchev–Trinajstić information content (AvgIpc) is 2.44. The predicted molar refractivity (Wildman–Crippen MR) is 92.6 cm³/mol. The van der Waals surface area contributed by atoms with Crippen molar-refractivity contribution in [2.24, 2.45) is 0 Å². The number of anilines is 1. The summed E-state index contributed by atoms with van der Waals surface area (Å²) in [5, 5.41) is 3.37. The second-order valence-electron chi connectivity index (χ2n) is 6.12. The van der Waals surface area contributed by atoms with E-state index in [-0.39, 0.29) is 5.41 Å². The number of benzene rings is 1. The van der Waals surface area contributed by atoms with Crippen LogP contribution in [0.25, 0.3) is 11.3 Å². The lowest BCUT2D eigenvalue weighted by atomic mass is 9.95. The van der Waals surface area contributed by atoms with Crippen LogP contribution in [0.15, 0.2) is 34.8 Å². The van der Waals surface area contributed by atoms with E-state index in [9.17, 15) is 0 Å². The van der Waals surface area contributed by atoms with Crippen LogP contribution in [0, 0.1) is 0 Å². The van der Waals surface area contributed by atoms with Crippen molar-refractivity contribution in [1.29, 1.82) is 0 Å². The molecule has 2 aromatic rings. The van der Waals surface area contributed by atoms with Crippen LogP contribution in [0.5, 0.6) is 0 Å². The number of nitrogens with one attached hydrogen (secondary N) is 1. The highest BCUT2D eigenvalue weighted by molar-refractivity contribution is 9.10. The minimum atomic E-state index is -0.0834. The number of aromatic nitrogens is 2. The van der Waals surface area contributed by atoms with E-state index in [0.29, 0.717) is 0 Å². The van der Waals surface area contributed by atoms with E-state index in [1.54, 1.807) is 0 Å². The van der Waals surface area contributed by atoms with Crippen LogP contribution >= 0.6 is 15.9 Å². The van der Waals surface area contributed by atoms with Gasteiger partial charge in [0.2, 0.25) is 0 Å². The summed E-state index contributed by atoms with van der Waals surface area (Å²) in [6.07, 6.45) is 1.07. The van der Waals surface area contributed by atoms with Crippen LogP contribution in [0.3, 0.4) is 0 Å². The van der Waals surface area contributed by atoms with Crippen molar-refractivity contribution in [2.45, 2.75) is 39.5 Å². The summed E-state index contributed by atoms with van der Waals surface area (Å²) in [4.78, 5) is 9.42. The van der Waals surface area contributed by atoms with Gasteiger partial charge in [-0.3, -0.25) is 0 Å². The summed E-state index contributed by atoms with van der Waals surface area (Å²) >= 11 is 3.60. The molecule has 1 heterocycles. The molecule has 1 aromatic heterocycles. The van der Waals surface area contributed by atoms with E-state index in [1.165, 1.54) is 0 Å². The normalized spacial score (nSPS) is 11.5. The Balaban J connectivity index is 2.52. The molecule has 0 aliphatic carbocycles. The monoisotopic (exact) mass is 347 g/mol. The number of hydrogen-bond acceptors (Lipinski definition) is 3. The Morgan fingerprint density at radius 3 is 2.48 bits per heavy atom. The van der Waals surface area contributed by atoms with Crippen LogP contribution in [0.2, 0.25) is 0 Å². The Morgan fingerprint density at radius 1 is 1.14 bits per heavy atom. The number of halogens is 1. The summed E-state index contributed by atoms with van der Waals surface area (Å²) in [6, 6.07) is 10.2. The van der Waals surface area contributed by atoms with Crippen LogP contribution in [-0.4, -0.2) is 16.5 Å². The van der Waals surface area contributed by atoms with Gasteiger partial charge in [-0.25, -0.2) is 9.97 Å². The van der Waals surface area contributed by atoms with Gasteiger partial charge in [0, 0.05) is 28.1 Å². The third kappa shape index (κ3) is 4.03. The highest BCUT2D eigenvalue weighted by atomic mass is 79.9. The van der Waals surface area contributed by atoms with Crippen LogP contribution in [0.1, 0.15) is 39.9 Å². The Hall–Kier alpha value is -1.42. The Kier molecular flexibility index (Phi) is 4.99. The van der Waals surface area contributed by atoms with Gasteiger partial charge in [-0.1, -0.05) is 61.8 Å². The second-order valence-corrected chi connectivity index (χ2v) is 6.97. The van der Waals surface area contributed by atoms with Crippen molar-refractivity contribution in [3.8, 4) is 11.3 Å². The van der Waals surface area contributed by atoms with E-state index >= 15 is 0 Å². The molecule has 0 saturated heterocycles. The van der Waals surface area contributed by atoms with Crippen molar-refractivity contribution >= 4 is 21.7 Å². The molecule has 4 heteroatoms. The summed E-state index contributed by atoms with van der Waals surface area (Å²) in [5.74, 6) is 1.75.